The molecule has 0 aliphatic heterocycles. The van der Waals surface area contributed by atoms with Gasteiger partial charge in [-0.2, -0.15) is 0 Å². The van der Waals surface area contributed by atoms with Gasteiger partial charge in [0.1, 0.15) is 6.61 Å². The topological polar surface area (TPSA) is 65.0 Å². The summed E-state index contributed by atoms with van der Waals surface area (Å²) in [5.74, 6) is -0.247. The molecule has 0 aromatic rings. The number of ether oxygens (including phenoxy) is 3. The molecule has 0 aliphatic rings. The highest BCUT2D eigenvalue weighted by Crippen LogP contribution is 2.33. The molecule has 2 atom stereocenters. The zero-order valence-electron chi connectivity index (χ0n) is 17.4. The largest absolute Gasteiger partial charge is 0.460 e. The van der Waals surface area contributed by atoms with Crippen molar-refractivity contribution in [1.29, 1.82) is 0 Å². The summed E-state index contributed by atoms with van der Waals surface area (Å²) in [7, 11) is 0. The Kier molecular flexibility index (Phi) is 11.6. The van der Waals surface area contributed by atoms with E-state index in [-0.39, 0.29) is 36.3 Å². The first-order chi connectivity index (χ1) is 11.7. The van der Waals surface area contributed by atoms with Gasteiger partial charge in [-0.1, -0.05) is 41.5 Å². The first kappa shape index (κ1) is 24.4. The van der Waals surface area contributed by atoms with Crippen LogP contribution < -0.4 is 0 Å². The minimum atomic E-state index is -0.680. The highest BCUT2D eigenvalue weighted by atomic mass is 16.7. The van der Waals surface area contributed by atoms with Gasteiger partial charge in [0.05, 0.1) is 18.3 Å². The fraction of sp³-hybridized carbons (Fsp3) is 0.950. The molecule has 0 amide bonds. The van der Waals surface area contributed by atoms with Crippen LogP contribution in [-0.4, -0.2) is 42.3 Å². The number of carbonyl (C=O) groups is 1. The Balaban J connectivity index is 5.17. The van der Waals surface area contributed by atoms with E-state index in [4.69, 9.17) is 14.2 Å². The van der Waals surface area contributed by atoms with Gasteiger partial charge in [0, 0.05) is 6.42 Å². The predicted molar refractivity (Wildman–Crippen MR) is 100 cm³/mol. The Morgan fingerprint density at radius 2 is 1.56 bits per heavy atom. The average Bonchev–Trinajstić information content (AvgIpc) is 2.63. The van der Waals surface area contributed by atoms with E-state index in [0.717, 1.165) is 32.1 Å². The average molecular weight is 361 g/mol. The first-order valence-electron chi connectivity index (χ1n) is 9.83. The van der Waals surface area contributed by atoms with Crippen LogP contribution in [0.5, 0.6) is 0 Å². The van der Waals surface area contributed by atoms with E-state index in [2.05, 4.69) is 34.6 Å². The molecule has 25 heavy (non-hydrogen) atoms. The van der Waals surface area contributed by atoms with Crippen molar-refractivity contribution in [2.75, 3.05) is 13.2 Å². The van der Waals surface area contributed by atoms with Gasteiger partial charge in [0.2, 0.25) is 0 Å². The highest BCUT2D eigenvalue weighted by Gasteiger charge is 2.36. The molecule has 0 fully saturated rings. The van der Waals surface area contributed by atoms with Crippen LogP contribution in [0.1, 0.15) is 87.0 Å². The van der Waals surface area contributed by atoms with Crippen molar-refractivity contribution in [1.82, 2.24) is 0 Å². The zero-order chi connectivity index (χ0) is 19.5. The Morgan fingerprint density at radius 1 is 1.00 bits per heavy atom. The number of aliphatic hydroxyl groups excluding tert-OH is 1. The van der Waals surface area contributed by atoms with Crippen LogP contribution in [0.4, 0.5) is 0 Å². The maximum atomic E-state index is 11.7. The normalized spacial score (nSPS) is 15.0. The number of hydrogen-bond donors (Lipinski definition) is 1. The van der Waals surface area contributed by atoms with Crippen molar-refractivity contribution >= 4 is 5.97 Å². The van der Waals surface area contributed by atoms with Crippen molar-refractivity contribution in [3.05, 3.63) is 0 Å². The molecule has 0 radical (unpaired) electrons. The van der Waals surface area contributed by atoms with Crippen molar-refractivity contribution in [3.8, 4) is 0 Å². The lowest BCUT2D eigenvalue weighted by Gasteiger charge is -2.39. The Morgan fingerprint density at radius 3 is 1.96 bits per heavy atom. The summed E-state index contributed by atoms with van der Waals surface area (Å²) in [6.45, 7) is 14.3. The van der Waals surface area contributed by atoms with Crippen molar-refractivity contribution < 1.29 is 24.1 Å². The minimum absolute atomic E-state index is 0.0500. The smallest absolute Gasteiger partial charge is 0.305 e. The molecule has 0 saturated heterocycles. The maximum absolute atomic E-state index is 11.7. The van der Waals surface area contributed by atoms with Crippen LogP contribution in [0.2, 0.25) is 0 Å². The molecular weight excluding hydrogens is 320 g/mol. The van der Waals surface area contributed by atoms with Gasteiger partial charge in [-0.05, 0) is 44.4 Å². The molecule has 0 aromatic heterocycles. The number of rotatable bonds is 14. The number of hydrogen-bond acceptors (Lipinski definition) is 5. The van der Waals surface area contributed by atoms with E-state index < -0.39 is 6.29 Å². The third-order valence-electron chi connectivity index (χ3n) is 5.62. The third-order valence-corrected chi connectivity index (χ3v) is 5.62. The standard InChI is InChI=1S/C20H40O5/c1-8-13-17(22)23-15-18(25-20(7,11-4)12-5)24-16(14-21)19(6,9-2)10-3/h16,18,21H,8-15H2,1-7H3. The van der Waals surface area contributed by atoms with E-state index in [1.54, 1.807) is 0 Å². The lowest BCUT2D eigenvalue weighted by Crippen LogP contribution is -2.44. The predicted octanol–water partition coefficient (Wildman–Crippen LogP) is 4.45. The zero-order valence-corrected chi connectivity index (χ0v) is 17.4. The van der Waals surface area contributed by atoms with E-state index in [0.29, 0.717) is 6.42 Å². The summed E-state index contributed by atoms with van der Waals surface area (Å²) in [4.78, 5) is 11.7. The summed E-state index contributed by atoms with van der Waals surface area (Å²) < 4.78 is 17.6. The maximum Gasteiger partial charge on any atom is 0.305 e. The lowest BCUT2D eigenvalue weighted by molar-refractivity contribution is -0.262. The summed E-state index contributed by atoms with van der Waals surface area (Å²) in [5.41, 5.74) is -0.505. The van der Waals surface area contributed by atoms with Crippen molar-refractivity contribution in [2.45, 2.75) is 105 Å². The molecule has 0 aromatic carbocycles. The van der Waals surface area contributed by atoms with Gasteiger partial charge in [0.25, 0.3) is 0 Å². The van der Waals surface area contributed by atoms with Crippen molar-refractivity contribution in [2.24, 2.45) is 5.41 Å². The number of carbonyl (C=O) groups excluding carboxylic acids is 1. The van der Waals surface area contributed by atoms with Crippen LogP contribution in [-0.2, 0) is 19.0 Å². The molecule has 0 aliphatic carbocycles. The Hall–Kier alpha value is -0.650. The van der Waals surface area contributed by atoms with Gasteiger partial charge < -0.3 is 19.3 Å². The molecule has 5 heteroatoms. The van der Waals surface area contributed by atoms with Crippen LogP contribution in [0.3, 0.4) is 0 Å². The fourth-order valence-corrected chi connectivity index (χ4v) is 2.59. The van der Waals surface area contributed by atoms with Gasteiger partial charge >= 0.3 is 5.97 Å². The minimum Gasteiger partial charge on any atom is -0.460 e. The third kappa shape index (κ3) is 8.06. The molecule has 1 N–H and O–H groups in total. The van der Waals surface area contributed by atoms with Gasteiger partial charge in [-0.15, -0.1) is 0 Å². The van der Waals surface area contributed by atoms with E-state index in [1.807, 2.05) is 13.8 Å². The molecule has 0 heterocycles. The van der Waals surface area contributed by atoms with Crippen molar-refractivity contribution in [3.63, 3.8) is 0 Å². The van der Waals surface area contributed by atoms with Crippen LogP contribution >= 0.6 is 0 Å². The SMILES string of the molecule is CCCC(=O)OCC(OC(CO)C(C)(CC)CC)OC(C)(CC)CC. The molecule has 5 nitrogen and oxygen atoms in total. The molecular formula is C20H40O5. The lowest BCUT2D eigenvalue weighted by atomic mass is 9.79. The first-order valence-corrected chi connectivity index (χ1v) is 9.83. The van der Waals surface area contributed by atoms with Gasteiger partial charge in [0.15, 0.2) is 6.29 Å². The summed E-state index contributed by atoms with van der Waals surface area (Å²) >= 11 is 0. The molecule has 0 rings (SSSR count). The fourth-order valence-electron chi connectivity index (χ4n) is 2.59. The van der Waals surface area contributed by atoms with Gasteiger partial charge in [-0.3, -0.25) is 4.79 Å². The highest BCUT2D eigenvalue weighted by molar-refractivity contribution is 5.69. The second-order valence-electron chi connectivity index (χ2n) is 7.31. The van der Waals surface area contributed by atoms with E-state index in [9.17, 15) is 9.90 Å². The summed E-state index contributed by atoms with van der Waals surface area (Å²) in [6, 6.07) is 0. The van der Waals surface area contributed by atoms with Gasteiger partial charge in [-0.25, -0.2) is 0 Å². The Bertz CT molecular complexity index is 361. The second kappa shape index (κ2) is 11.9. The molecule has 0 saturated carbocycles. The quantitative estimate of drug-likeness (QED) is 0.366. The van der Waals surface area contributed by atoms with E-state index in [1.165, 1.54) is 0 Å². The number of esters is 1. The number of aliphatic hydroxyl groups is 1. The monoisotopic (exact) mass is 360 g/mol. The van der Waals surface area contributed by atoms with Crippen LogP contribution in [0.15, 0.2) is 0 Å². The molecule has 0 spiro atoms. The molecule has 0 bridgehead atoms. The second-order valence-corrected chi connectivity index (χ2v) is 7.31. The molecule has 2 unspecified atom stereocenters. The summed E-state index contributed by atoms with van der Waals surface area (Å²) in [6.07, 6.45) is 3.51. The molecule has 150 valence electrons. The summed E-state index contributed by atoms with van der Waals surface area (Å²) in [5, 5.41) is 9.86. The Labute approximate surface area is 154 Å². The van der Waals surface area contributed by atoms with Crippen LogP contribution in [0.25, 0.3) is 0 Å². The van der Waals surface area contributed by atoms with E-state index >= 15 is 0 Å². The van der Waals surface area contributed by atoms with Crippen LogP contribution in [0, 0.1) is 5.41 Å².